The number of hydrogen-bond acceptors (Lipinski definition) is 4. The molecule has 23 heavy (non-hydrogen) atoms. The summed E-state index contributed by atoms with van der Waals surface area (Å²) in [7, 11) is 0. The maximum Gasteiger partial charge on any atom is 0.180 e. The number of aromatic amines is 2. The van der Waals surface area contributed by atoms with E-state index in [4.69, 9.17) is 0 Å². The highest BCUT2D eigenvalue weighted by molar-refractivity contribution is 5.81. The van der Waals surface area contributed by atoms with Gasteiger partial charge in [0.2, 0.25) is 0 Å². The number of imidazole rings is 1. The zero-order valence-corrected chi connectivity index (χ0v) is 12.3. The summed E-state index contributed by atoms with van der Waals surface area (Å²) in [6.45, 7) is 0.567. The zero-order chi connectivity index (χ0) is 15.8. The summed E-state index contributed by atoms with van der Waals surface area (Å²) in [5, 5.41) is 16.1. The molecule has 116 valence electrons. The molecule has 0 amide bonds. The van der Waals surface area contributed by atoms with Gasteiger partial charge in [0.25, 0.3) is 0 Å². The van der Waals surface area contributed by atoms with Crippen LogP contribution >= 0.6 is 0 Å². The van der Waals surface area contributed by atoms with E-state index in [2.05, 4.69) is 26.4 Å². The number of piperidine rings is 1. The highest BCUT2D eigenvalue weighted by Gasteiger charge is 2.34. The van der Waals surface area contributed by atoms with Crippen molar-refractivity contribution in [2.45, 2.75) is 25.1 Å². The first kappa shape index (κ1) is 13.8. The van der Waals surface area contributed by atoms with Crippen LogP contribution in [-0.2, 0) is 0 Å². The highest BCUT2D eigenvalue weighted by Crippen LogP contribution is 2.33. The molecule has 0 saturated carbocycles. The standard InChI is InChI=1S/C16H15FN6/c17-11-2-1-7-23(9-18)15(11)16-20-13-4-3-10(8-14(13)21-16)12-5-6-19-22-12/h3-6,8,11,15H,1-2,7H2,(H,19,22)(H,20,21). The molecule has 1 aromatic carbocycles. The number of H-pyrrole nitrogens is 2. The molecule has 0 radical (unpaired) electrons. The van der Waals surface area contributed by atoms with Crippen molar-refractivity contribution in [2.75, 3.05) is 6.54 Å². The van der Waals surface area contributed by atoms with Crippen LogP contribution in [0.2, 0.25) is 0 Å². The molecule has 2 unspecified atom stereocenters. The Hall–Kier alpha value is -2.88. The first-order valence-electron chi connectivity index (χ1n) is 7.56. The Bertz CT molecular complexity index is 862. The smallest absolute Gasteiger partial charge is 0.180 e. The lowest BCUT2D eigenvalue weighted by atomic mass is 10.0. The number of rotatable bonds is 2. The second kappa shape index (κ2) is 5.39. The lowest BCUT2D eigenvalue weighted by molar-refractivity contribution is 0.105. The minimum Gasteiger partial charge on any atom is -0.340 e. The minimum absolute atomic E-state index is 0.458. The predicted molar refractivity (Wildman–Crippen MR) is 82.9 cm³/mol. The van der Waals surface area contributed by atoms with Gasteiger partial charge in [0.05, 0.1) is 16.7 Å². The van der Waals surface area contributed by atoms with Crippen LogP contribution in [-0.4, -0.2) is 37.8 Å². The van der Waals surface area contributed by atoms with E-state index < -0.39 is 12.2 Å². The van der Waals surface area contributed by atoms with Gasteiger partial charge in [0.1, 0.15) is 18.0 Å². The first-order valence-corrected chi connectivity index (χ1v) is 7.56. The molecular weight excluding hydrogens is 295 g/mol. The SMILES string of the molecule is N#CN1CCCC(F)C1c1nc2ccc(-c3ccn[nH]3)cc2[nH]1. The molecule has 2 atom stereocenters. The molecule has 2 N–H and O–H groups in total. The second-order valence-electron chi connectivity index (χ2n) is 5.72. The van der Waals surface area contributed by atoms with E-state index in [1.807, 2.05) is 24.3 Å². The molecule has 0 bridgehead atoms. The lowest BCUT2D eigenvalue weighted by Crippen LogP contribution is -2.37. The Kier molecular flexibility index (Phi) is 3.23. The van der Waals surface area contributed by atoms with Crippen LogP contribution in [0.1, 0.15) is 24.7 Å². The quantitative estimate of drug-likeness (QED) is 0.713. The molecule has 0 spiro atoms. The van der Waals surface area contributed by atoms with Gasteiger partial charge in [0.15, 0.2) is 6.19 Å². The summed E-state index contributed by atoms with van der Waals surface area (Å²) in [5.74, 6) is 0.510. The third-order valence-corrected chi connectivity index (χ3v) is 4.28. The molecule has 4 rings (SSSR count). The van der Waals surface area contributed by atoms with Crippen LogP contribution in [0.3, 0.4) is 0 Å². The van der Waals surface area contributed by atoms with Gasteiger partial charge in [0, 0.05) is 18.3 Å². The van der Waals surface area contributed by atoms with Crippen molar-refractivity contribution >= 4 is 11.0 Å². The van der Waals surface area contributed by atoms with Gasteiger partial charge in [-0.1, -0.05) is 6.07 Å². The van der Waals surface area contributed by atoms with Gasteiger partial charge in [-0.15, -0.1) is 0 Å². The predicted octanol–water partition coefficient (Wildman–Crippen LogP) is 2.91. The maximum atomic E-state index is 14.3. The highest BCUT2D eigenvalue weighted by atomic mass is 19.1. The molecule has 0 aliphatic carbocycles. The first-order chi connectivity index (χ1) is 11.3. The van der Waals surface area contributed by atoms with Gasteiger partial charge in [-0.3, -0.25) is 10.00 Å². The summed E-state index contributed by atoms with van der Waals surface area (Å²) >= 11 is 0. The van der Waals surface area contributed by atoms with Crippen molar-refractivity contribution in [3.8, 4) is 17.5 Å². The topological polar surface area (TPSA) is 84.4 Å². The molecule has 1 saturated heterocycles. The normalized spacial score (nSPS) is 21.5. The van der Waals surface area contributed by atoms with Gasteiger partial charge in [-0.2, -0.15) is 10.4 Å². The average Bonchev–Trinajstić information content (AvgIpc) is 3.22. The van der Waals surface area contributed by atoms with Crippen molar-refractivity contribution in [3.05, 3.63) is 36.3 Å². The third kappa shape index (κ3) is 2.32. The minimum atomic E-state index is -1.09. The number of halogens is 1. The molecule has 1 aliphatic heterocycles. The van der Waals surface area contributed by atoms with Gasteiger partial charge < -0.3 is 4.98 Å². The number of alkyl halides is 1. The van der Waals surface area contributed by atoms with Crippen LogP contribution in [0, 0.1) is 11.5 Å². The number of fused-ring (bicyclic) bond motifs is 1. The number of hydrogen-bond donors (Lipinski definition) is 2. The fourth-order valence-electron chi connectivity index (χ4n) is 3.13. The third-order valence-electron chi connectivity index (χ3n) is 4.28. The lowest BCUT2D eigenvalue weighted by Gasteiger charge is -2.32. The van der Waals surface area contributed by atoms with Gasteiger partial charge >= 0.3 is 0 Å². The zero-order valence-electron chi connectivity index (χ0n) is 12.3. The summed E-state index contributed by atoms with van der Waals surface area (Å²) in [6.07, 6.45) is 3.83. The van der Waals surface area contributed by atoms with Crippen LogP contribution < -0.4 is 0 Å². The molecule has 1 aliphatic rings. The number of nitriles is 1. The number of nitrogens with zero attached hydrogens (tertiary/aromatic N) is 4. The van der Waals surface area contributed by atoms with Crippen LogP contribution in [0.15, 0.2) is 30.5 Å². The van der Waals surface area contributed by atoms with E-state index >= 15 is 0 Å². The fraction of sp³-hybridized carbons (Fsp3) is 0.312. The molecule has 6 nitrogen and oxygen atoms in total. The molecule has 3 heterocycles. The Morgan fingerprint density at radius 2 is 2.26 bits per heavy atom. The monoisotopic (exact) mass is 310 g/mol. The Labute approximate surface area is 131 Å². The summed E-state index contributed by atoms with van der Waals surface area (Å²) < 4.78 is 14.3. The van der Waals surface area contributed by atoms with E-state index in [0.29, 0.717) is 25.2 Å². The van der Waals surface area contributed by atoms with Crippen molar-refractivity contribution in [1.29, 1.82) is 5.26 Å². The molecular formula is C16H15FN6. The van der Waals surface area contributed by atoms with Crippen LogP contribution in [0.4, 0.5) is 4.39 Å². The molecule has 3 aromatic rings. The number of nitrogens with one attached hydrogen (secondary N) is 2. The fourth-order valence-corrected chi connectivity index (χ4v) is 3.13. The molecule has 2 aromatic heterocycles. The molecule has 7 heteroatoms. The van der Waals surface area contributed by atoms with Crippen molar-refractivity contribution < 1.29 is 4.39 Å². The van der Waals surface area contributed by atoms with Gasteiger partial charge in [-0.25, -0.2) is 9.37 Å². The Morgan fingerprint density at radius 3 is 3.04 bits per heavy atom. The molecule has 1 fully saturated rings. The van der Waals surface area contributed by atoms with Crippen LogP contribution in [0.5, 0.6) is 0 Å². The summed E-state index contributed by atoms with van der Waals surface area (Å²) in [6, 6.07) is 7.03. The summed E-state index contributed by atoms with van der Waals surface area (Å²) in [5.41, 5.74) is 3.47. The van der Waals surface area contributed by atoms with Crippen molar-refractivity contribution in [2.24, 2.45) is 0 Å². The number of benzene rings is 1. The Morgan fingerprint density at radius 1 is 1.35 bits per heavy atom. The van der Waals surface area contributed by atoms with Crippen molar-refractivity contribution in [3.63, 3.8) is 0 Å². The van der Waals surface area contributed by atoms with E-state index in [9.17, 15) is 9.65 Å². The van der Waals surface area contributed by atoms with Crippen LogP contribution in [0.25, 0.3) is 22.3 Å². The van der Waals surface area contributed by atoms with E-state index in [-0.39, 0.29) is 0 Å². The average molecular weight is 310 g/mol. The van der Waals surface area contributed by atoms with Gasteiger partial charge in [-0.05, 0) is 31.0 Å². The van der Waals surface area contributed by atoms with E-state index in [1.54, 1.807) is 6.20 Å². The van der Waals surface area contributed by atoms with E-state index in [1.165, 1.54) is 4.90 Å². The largest absolute Gasteiger partial charge is 0.340 e. The van der Waals surface area contributed by atoms with E-state index in [0.717, 1.165) is 22.3 Å². The summed E-state index contributed by atoms with van der Waals surface area (Å²) in [4.78, 5) is 9.15. The number of aromatic nitrogens is 4. The number of likely N-dealkylation sites (tertiary alicyclic amines) is 1. The second-order valence-corrected chi connectivity index (χ2v) is 5.72. The Balaban J connectivity index is 1.75. The van der Waals surface area contributed by atoms with Crippen molar-refractivity contribution in [1.82, 2.24) is 25.1 Å². The maximum absolute atomic E-state index is 14.3.